The lowest BCUT2D eigenvalue weighted by Gasteiger charge is -2.37. The van der Waals surface area contributed by atoms with Gasteiger partial charge in [0, 0.05) is 32.2 Å². The number of ether oxygens (including phenoxy) is 1. The first-order chi connectivity index (χ1) is 12.9. The number of piperidine rings is 1. The van der Waals surface area contributed by atoms with Gasteiger partial charge in [-0.3, -0.25) is 9.69 Å². The van der Waals surface area contributed by atoms with Crippen LogP contribution in [0.2, 0.25) is 0 Å². The number of carbonyl (C=O) groups is 1. The van der Waals surface area contributed by atoms with Crippen LogP contribution in [-0.2, 0) is 14.8 Å². The Kier molecular flexibility index (Phi) is 6.39. The summed E-state index contributed by atoms with van der Waals surface area (Å²) in [6.45, 7) is 5.12. The van der Waals surface area contributed by atoms with Crippen molar-refractivity contribution >= 4 is 15.9 Å². The second-order valence-corrected chi connectivity index (χ2v) is 9.21. The molecule has 1 aromatic rings. The molecule has 2 heterocycles. The second-order valence-electron chi connectivity index (χ2n) is 7.28. The molecule has 0 N–H and O–H groups in total. The summed E-state index contributed by atoms with van der Waals surface area (Å²) in [6.07, 6.45) is 3.51. The van der Waals surface area contributed by atoms with Crippen molar-refractivity contribution in [1.82, 2.24) is 14.1 Å². The monoisotopic (exact) mass is 395 g/mol. The maximum Gasteiger partial charge on any atom is 0.243 e. The van der Waals surface area contributed by atoms with Gasteiger partial charge in [0.2, 0.25) is 15.9 Å². The van der Waals surface area contributed by atoms with Crippen molar-refractivity contribution in [3.05, 3.63) is 24.3 Å². The zero-order valence-corrected chi connectivity index (χ0v) is 17.0. The molecular weight excluding hydrogens is 366 g/mol. The molecule has 2 aliphatic rings. The van der Waals surface area contributed by atoms with E-state index in [4.69, 9.17) is 4.74 Å². The van der Waals surface area contributed by atoms with Crippen LogP contribution in [0.4, 0.5) is 0 Å². The van der Waals surface area contributed by atoms with Crippen LogP contribution >= 0.6 is 0 Å². The lowest BCUT2D eigenvalue weighted by molar-refractivity contribution is -0.134. The number of carbonyl (C=O) groups excluding carboxylic acids is 1. The molecule has 1 aromatic carbocycles. The Balaban J connectivity index is 1.56. The molecule has 0 aromatic heterocycles. The van der Waals surface area contributed by atoms with Gasteiger partial charge >= 0.3 is 0 Å². The van der Waals surface area contributed by atoms with E-state index in [1.54, 1.807) is 36.3 Å². The molecule has 0 unspecified atom stereocenters. The van der Waals surface area contributed by atoms with Crippen LogP contribution < -0.4 is 4.74 Å². The first-order valence-corrected chi connectivity index (χ1v) is 11.0. The Hall–Kier alpha value is -1.64. The molecule has 0 bridgehead atoms. The van der Waals surface area contributed by atoms with E-state index in [1.807, 2.05) is 0 Å². The van der Waals surface area contributed by atoms with Gasteiger partial charge in [0.05, 0.1) is 18.6 Å². The summed E-state index contributed by atoms with van der Waals surface area (Å²) < 4.78 is 32.1. The Morgan fingerprint density at radius 1 is 1.07 bits per heavy atom. The number of piperazine rings is 1. The van der Waals surface area contributed by atoms with Gasteiger partial charge in [-0.2, -0.15) is 4.31 Å². The second kappa shape index (κ2) is 8.58. The summed E-state index contributed by atoms with van der Waals surface area (Å²) in [7, 11) is -2.00. The van der Waals surface area contributed by atoms with Crippen molar-refractivity contribution in [3.8, 4) is 5.75 Å². The van der Waals surface area contributed by atoms with E-state index in [0.717, 1.165) is 19.4 Å². The van der Waals surface area contributed by atoms with Gasteiger partial charge in [0.15, 0.2) is 0 Å². The highest BCUT2D eigenvalue weighted by Crippen LogP contribution is 2.21. The quantitative estimate of drug-likeness (QED) is 0.754. The fraction of sp³-hybridized carbons (Fsp3) is 0.632. The molecule has 2 aliphatic heterocycles. The van der Waals surface area contributed by atoms with Crippen molar-refractivity contribution < 1.29 is 17.9 Å². The minimum absolute atomic E-state index is 0.102. The van der Waals surface area contributed by atoms with E-state index in [-0.39, 0.29) is 10.8 Å². The summed E-state index contributed by atoms with van der Waals surface area (Å²) in [6, 6.07) is 6.85. The van der Waals surface area contributed by atoms with Gasteiger partial charge in [0.25, 0.3) is 0 Å². The van der Waals surface area contributed by atoms with Crippen LogP contribution in [-0.4, -0.2) is 80.9 Å². The average Bonchev–Trinajstić information content (AvgIpc) is 2.70. The molecule has 150 valence electrons. The van der Waals surface area contributed by atoms with Crippen molar-refractivity contribution in [1.29, 1.82) is 0 Å². The number of hydrogen-bond donors (Lipinski definition) is 0. The normalized spacial score (nSPS) is 22.6. The smallest absolute Gasteiger partial charge is 0.243 e. The van der Waals surface area contributed by atoms with Crippen LogP contribution in [0.15, 0.2) is 29.2 Å². The van der Waals surface area contributed by atoms with Crippen LogP contribution in [0.25, 0.3) is 0 Å². The standard InChI is InChI=1S/C19H29N3O4S/c1-16-5-3-4-10-21(16)15-19(23)20-11-13-22(14-12-20)27(24,25)18-8-6-17(26-2)7-9-18/h6-9,16H,3-5,10-15H2,1-2H3/t16-/m1/s1. The number of sulfonamides is 1. The fourth-order valence-electron chi connectivity index (χ4n) is 3.74. The molecule has 1 atom stereocenters. The topological polar surface area (TPSA) is 70.2 Å². The Morgan fingerprint density at radius 2 is 1.74 bits per heavy atom. The zero-order chi connectivity index (χ0) is 19.4. The van der Waals surface area contributed by atoms with Crippen LogP contribution in [0.5, 0.6) is 5.75 Å². The molecule has 2 fully saturated rings. The zero-order valence-electron chi connectivity index (χ0n) is 16.1. The van der Waals surface area contributed by atoms with E-state index in [2.05, 4.69) is 11.8 Å². The predicted octanol–water partition coefficient (Wildman–Crippen LogP) is 1.40. The minimum Gasteiger partial charge on any atom is -0.497 e. The van der Waals surface area contributed by atoms with Crippen LogP contribution in [0, 0.1) is 0 Å². The van der Waals surface area contributed by atoms with Crippen molar-refractivity contribution in [3.63, 3.8) is 0 Å². The first-order valence-electron chi connectivity index (χ1n) is 9.58. The van der Waals surface area contributed by atoms with Gasteiger partial charge in [-0.15, -0.1) is 0 Å². The molecule has 2 saturated heterocycles. The summed E-state index contributed by atoms with van der Waals surface area (Å²) >= 11 is 0. The molecular formula is C19H29N3O4S. The van der Waals surface area contributed by atoms with Crippen molar-refractivity contribution in [2.45, 2.75) is 37.1 Å². The van der Waals surface area contributed by atoms with Gasteiger partial charge in [0.1, 0.15) is 5.75 Å². The maximum absolute atomic E-state index is 12.8. The third-order valence-electron chi connectivity index (χ3n) is 5.57. The van der Waals surface area contributed by atoms with E-state index >= 15 is 0 Å². The highest BCUT2D eigenvalue weighted by Gasteiger charge is 2.31. The number of methoxy groups -OCH3 is 1. The third kappa shape index (κ3) is 4.62. The molecule has 0 saturated carbocycles. The number of hydrogen-bond acceptors (Lipinski definition) is 5. The van der Waals surface area contributed by atoms with Crippen LogP contribution in [0.1, 0.15) is 26.2 Å². The fourth-order valence-corrected chi connectivity index (χ4v) is 5.16. The van der Waals surface area contributed by atoms with E-state index in [9.17, 15) is 13.2 Å². The number of benzene rings is 1. The molecule has 27 heavy (non-hydrogen) atoms. The van der Waals surface area contributed by atoms with Gasteiger partial charge in [-0.1, -0.05) is 6.42 Å². The third-order valence-corrected chi connectivity index (χ3v) is 7.48. The molecule has 1 amide bonds. The molecule has 8 heteroatoms. The summed E-state index contributed by atoms with van der Waals surface area (Å²) in [5.41, 5.74) is 0. The Labute approximate surface area is 161 Å². The lowest BCUT2D eigenvalue weighted by Crippen LogP contribution is -2.53. The van der Waals surface area contributed by atoms with E-state index in [1.165, 1.54) is 10.7 Å². The van der Waals surface area contributed by atoms with Crippen molar-refractivity contribution in [2.75, 3.05) is 46.4 Å². The number of nitrogens with zero attached hydrogens (tertiary/aromatic N) is 3. The molecule has 0 aliphatic carbocycles. The van der Waals surface area contributed by atoms with Gasteiger partial charge < -0.3 is 9.64 Å². The molecule has 0 radical (unpaired) electrons. The summed E-state index contributed by atoms with van der Waals surface area (Å²) in [5, 5.41) is 0. The first kappa shape index (κ1) is 20.1. The largest absolute Gasteiger partial charge is 0.497 e. The number of likely N-dealkylation sites (tertiary alicyclic amines) is 1. The van der Waals surface area contributed by atoms with Crippen molar-refractivity contribution in [2.24, 2.45) is 0 Å². The Bertz CT molecular complexity index is 743. The molecule has 3 rings (SSSR count). The highest BCUT2D eigenvalue weighted by molar-refractivity contribution is 7.89. The number of rotatable bonds is 5. The SMILES string of the molecule is COc1ccc(S(=O)(=O)N2CCN(C(=O)CN3CCCC[C@H]3C)CC2)cc1. The van der Waals surface area contributed by atoms with Gasteiger partial charge in [-0.25, -0.2) is 8.42 Å². The highest BCUT2D eigenvalue weighted by atomic mass is 32.2. The Morgan fingerprint density at radius 3 is 2.33 bits per heavy atom. The summed E-state index contributed by atoms with van der Waals surface area (Å²) in [5.74, 6) is 0.724. The minimum atomic E-state index is -3.54. The predicted molar refractivity (Wildman–Crippen MR) is 103 cm³/mol. The van der Waals surface area contributed by atoms with Crippen LogP contribution in [0.3, 0.4) is 0 Å². The maximum atomic E-state index is 12.8. The summed E-state index contributed by atoms with van der Waals surface area (Å²) in [4.78, 5) is 16.9. The average molecular weight is 396 g/mol. The van der Waals surface area contributed by atoms with E-state index < -0.39 is 10.0 Å². The molecule has 0 spiro atoms. The number of amides is 1. The lowest BCUT2D eigenvalue weighted by atomic mass is 10.0. The van der Waals surface area contributed by atoms with Gasteiger partial charge in [-0.05, 0) is 50.6 Å². The molecule has 7 nitrogen and oxygen atoms in total. The van der Waals surface area contributed by atoms with E-state index in [0.29, 0.717) is 44.5 Å².